The van der Waals surface area contributed by atoms with Crippen LogP contribution in [-0.4, -0.2) is 49.7 Å². The largest absolute Gasteiger partial charge is 0.338 e. The number of nitrogens with one attached hydrogen (secondary N) is 1. The van der Waals surface area contributed by atoms with Crippen molar-refractivity contribution in [3.63, 3.8) is 0 Å². The van der Waals surface area contributed by atoms with Crippen molar-refractivity contribution < 1.29 is 18.0 Å². The van der Waals surface area contributed by atoms with E-state index < -0.39 is 9.84 Å². The molecule has 1 fully saturated rings. The number of hydrogen-bond donors (Lipinski definition) is 1. The van der Waals surface area contributed by atoms with E-state index >= 15 is 0 Å². The van der Waals surface area contributed by atoms with Gasteiger partial charge in [0, 0.05) is 18.7 Å². The Kier molecular flexibility index (Phi) is 5.08. The smallest absolute Gasteiger partial charge is 0.255 e. The van der Waals surface area contributed by atoms with Gasteiger partial charge in [0.05, 0.1) is 22.8 Å². The Morgan fingerprint density at radius 2 is 1.69 bits per heavy atom. The van der Waals surface area contributed by atoms with Crippen LogP contribution in [-0.2, 0) is 9.84 Å². The Morgan fingerprint density at radius 3 is 2.35 bits per heavy atom. The van der Waals surface area contributed by atoms with Gasteiger partial charge in [-0.2, -0.15) is 0 Å². The summed E-state index contributed by atoms with van der Waals surface area (Å²) in [6.45, 7) is 0. The lowest BCUT2D eigenvalue weighted by atomic mass is 10.1. The zero-order chi connectivity index (χ0) is 18.7. The minimum Gasteiger partial charge on any atom is -0.338 e. The van der Waals surface area contributed by atoms with Gasteiger partial charge < -0.3 is 10.2 Å². The molecule has 1 N–H and O–H groups in total. The maximum absolute atomic E-state index is 12.9. The van der Waals surface area contributed by atoms with E-state index in [0.29, 0.717) is 23.2 Å². The normalized spacial score (nSPS) is 18.3. The van der Waals surface area contributed by atoms with Crippen LogP contribution < -0.4 is 5.32 Å². The molecule has 7 heteroatoms. The second-order valence-corrected chi connectivity index (χ2v) is 8.57. The van der Waals surface area contributed by atoms with E-state index in [-0.39, 0.29) is 29.4 Å². The molecule has 1 atom stereocenters. The van der Waals surface area contributed by atoms with Gasteiger partial charge in [-0.15, -0.1) is 0 Å². The van der Waals surface area contributed by atoms with E-state index in [1.807, 2.05) is 6.07 Å². The van der Waals surface area contributed by atoms with Gasteiger partial charge in [-0.05, 0) is 30.7 Å². The summed E-state index contributed by atoms with van der Waals surface area (Å²) in [4.78, 5) is 26.7. The number of anilines is 1. The molecular formula is C19H20N2O4S. The van der Waals surface area contributed by atoms with Crippen molar-refractivity contribution in [3.8, 4) is 0 Å². The molecule has 2 aromatic rings. The lowest BCUT2D eigenvalue weighted by Crippen LogP contribution is -2.38. The van der Waals surface area contributed by atoms with Crippen molar-refractivity contribution in [2.45, 2.75) is 12.5 Å². The van der Waals surface area contributed by atoms with E-state index in [2.05, 4.69) is 5.32 Å². The number of hydrogen-bond acceptors (Lipinski definition) is 4. The second kappa shape index (κ2) is 7.29. The van der Waals surface area contributed by atoms with Crippen LogP contribution in [0.2, 0.25) is 0 Å². The van der Waals surface area contributed by atoms with E-state index in [1.165, 1.54) is 4.90 Å². The molecule has 0 radical (unpaired) electrons. The highest BCUT2D eigenvalue weighted by molar-refractivity contribution is 7.91. The number of para-hydroxylation sites is 1. The Bertz CT molecular complexity index is 926. The molecule has 1 saturated heterocycles. The van der Waals surface area contributed by atoms with Gasteiger partial charge in [-0.1, -0.05) is 30.3 Å². The number of amides is 2. The van der Waals surface area contributed by atoms with Crippen molar-refractivity contribution in [2.75, 3.05) is 23.9 Å². The van der Waals surface area contributed by atoms with E-state index in [4.69, 9.17) is 0 Å². The third-order valence-corrected chi connectivity index (χ3v) is 6.27. The van der Waals surface area contributed by atoms with Crippen LogP contribution in [0.5, 0.6) is 0 Å². The molecule has 1 unspecified atom stereocenters. The molecule has 2 amide bonds. The fourth-order valence-electron chi connectivity index (χ4n) is 3.00. The van der Waals surface area contributed by atoms with Crippen molar-refractivity contribution in [2.24, 2.45) is 0 Å². The maximum atomic E-state index is 12.9. The van der Waals surface area contributed by atoms with Crippen LogP contribution in [0.15, 0.2) is 54.6 Å². The molecule has 26 heavy (non-hydrogen) atoms. The average Bonchev–Trinajstić information content (AvgIpc) is 3.01. The fraction of sp³-hybridized carbons (Fsp3) is 0.263. The summed E-state index contributed by atoms with van der Waals surface area (Å²) in [6.07, 6.45) is 0.434. The molecule has 0 bridgehead atoms. The van der Waals surface area contributed by atoms with Crippen molar-refractivity contribution in [3.05, 3.63) is 65.7 Å². The first-order chi connectivity index (χ1) is 12.4. The number of benzene rings is 2. The lowest BCUT2D eigenvalue weighted by Gasteiger charge is -2.24. The SMILES string of the molecule is CN(C(=O)c1ccccc1NC(=O)c1ccccc1)C1CCS(=O)(=O)C1. The Balaban J connectivity index is 1.80. The van der Waals surface area contributed by atoms with Gasteiger partial charge in [0.15, 0.2) is 9.84 Å². The van der Waals surface area contributed by atoms with Gasteiger partial charge >= 0.3 is 0 Å². The average molecular weight is 372 g/mol. The molecule has 0 saturated carbocycles. The topological polar surface area (TPSA) is 83.6 Å². The maximum Gasteiger partial charge on any atom is 0.255 e. The summed E-state index contributed by atoms with van der Waals surface area (Å²) in [5, 5.41) is 2.76. The quantitative estimate of drug-likeness (QED) is 0.892. The molecule has 0 aromatic heterocycles. The molecule has 1 aliphatic heterocycles. The minimum atomic E-state index is -3.08. The summed E-state index contributed by atoms with van der Waals surface area (Å²) >= 11 is 0. The molecule has 2 aromatic carbocycles. The first kappa shape index (κ1) is 18.1. The van der Waals surface area contributed by atoms with Gasteiger partial charge in [0.2, 0.25) is 0 Å². The van der Waals surface area contributed by atoms with Crippen LogP contribution in [0.3, 0.4) is 0 Å². The summed E-state index contributed by atoms with van der Waals surface area (Å²) in [5.74, 6) is -0.539. The zero-order valence-corrected chi connectivity index (χ0v) is 15.2. The molecule has 6 nitrogen and oxygen atoms in total. The fourth-order valence-corrected chi connectivity index (χ4v) is 4.77. The Morgan fingerprint density at radius 1 is 1.04 bits per heavy atom. The summed E-state index contributed by atoms with van der Waals surface area (Å²) in [7, 11) is -1.48. The van der Waals surface area contributed by atoms with E-state index in [9.17, 15) is 18.0 Å². The van der Waals surface area contributed by atoms with Crippen molar-refractivity contribution in [1.29, 1.82) is 0 Å². The van der Waals surface area contributed by atoms with Crippen LogP contribution >= 0.6 is 0 Å². The highest BCUT2D eigenvalue weighted by atomic mass is 32.2. The molecule has 3 rings (SSSR count). The van der Waals surface area contributed by atoms with Gasteiger partial charge in [-0.3, -0.25) is 9.59 Å². The van der Waals surface area contributed by atoms with Gasteiger partial charge in [0.25, 0.3) is 11.8 Å². The predicted octanol–water partition coefficient (Wildman–Crippen LogP) is 2.20. The highest BCUT2D eigenvalue weighted by Crippen LogP contribution is 2.22. The summed E-state index contributed by atoms with van der Waals surface area (Å²) in [5.41, 5.74) is 1.23. The molecule has 0 aliphatic carbocycles. The number of carbonyl (C=O) groups is 2. The van der Waals surface area contributed by atoms with Crippen molar-refractivity contribution in [1.82, 2.24) is 4.90 Å². The third-order valence-electron chi connectivity index (χ3n) is 4.52. The Labute approximate surface area is 152 Å². The number of carbonyl (C=O) groups excluding carboxylic acids is 2. The summed E-state index contributed by atoms with van der Waals surface area (Å²) < 4.78 is 23.4. The number of rotatable bonds is 4. The summed E-state index contributed by atoms with van der Waals surface area (Å²) in [6, 6.07) is 15.1. The van der Waals surface area contributed by atoms with Crippen molar-refractivity contribution >= 4 is 27.3 Å². The zero-order valence-electron chi connectivity index (χ0n) is 14.4. The molecule has 0 spiro atoms. The molecular weight excluding hydrogens is 352 g/mol. The van der Waals surface area contributed by atoms with E-state index in [1.54, 1.807) is 55.6 Å². The first-order valence-electron chi connectivity index (χ1n) is 8.30. The third kappa shape index (κ3) is 3.94. The molecule has 1 aliphatic rings. The van der Waals surface area contributed by atoms with Gasteiger partial charge in [-0.25, -0.2) is 8.42 Å². The Hall–Kier alpha value is -2.67. The lowest BCUT2D eigenvalue weighted by molar-refractivity contribution is 0.0748. The first-order valence-corrected chi connectivity index (χ1v) is 10.1. The number of nitrogens with zero attached hydrogens (tertiary/aromatic N) is 1. The standard InChI is InChI=1S/C19H20N2O4S/c1-21(15-11-12-26(24,25)13-15)19(23)16-9-5-6-10-17(16)20-18(22)14-7-3-2-4-8-14/h2-10,15H,11-13H2,1H3,(H,20,22). The molecule has 1 heterocycles. The second-order valence-electron chi connectivity index (χ2n) is 6.34. The van der Waals surface area contributed by atoms with E-state index in [0.717, 1.165) is 0 Å². The van der Waals surface area contributed by atoms with Crippen LogP contribution in [0.25, 0.3) is 0 Å². The molecule has 136 valence electrons. The van der Waals surface area contributed by atoms with Crippen LogP contribution in [0.4, 0.5) is 5.69 Å². The monoisotopic (exact) mass is 372 g/mol. The predicted molar refractivity (Wildman–Crippen MR) is 100.0 cm³/mol. The number of sulfone groups is 1. The minimum absolute atomic E-state index is 0.0201. The van der Waals surface area contributed by atoms with Crippen LogP contribution in [0.1, 0.15) is 27.1 Å². The van der Waals surface area contributed by atoms with Gasteiger partial charge in [0.1, 0.15) is 0 Å². The highest BCUT2D eigenvalue weighted by Gasteiger charge is 2.33. The van der Waals surface area contributed by atoms with Crippen LogP contribution in [0, 0.1) is 0 Å².